The molecule has 0 aromatic rings. The van der Waals surface area contributed by atoms with Crippen LogP contribution in [0.3, 0.4) is 0 Å². The van der Waals surface area contributed by atoms with Crippen LogP contribution in [0.1, 0.15) is 149 Å². The van der Waals surface area contributed by atoms with Crippen LogP contribution in [-0.4, -0.2) is 57.9 Å². The maximum atomic E-state index is 13.3. The van der Waals surface area contributed by atoms with Gasteiger partial charge in [0.05, 0.1) is 10.8 Å². The Morgan fingerprint density at radius 1 is 0.587 bits per heavy atom. The molecule has 0 aromatic carbocycles. The molecular formula is C34H66F6O6. The third-order valence-electron chi connectivity index (χ3n) is 9.37. The minimum Gasteiger partial charge on any atom is -0.462 e. The molecule has 0 heterocycles. The Labute approximate surface area is 275 Å². The summed E-state index contributed by atoms with van der Waals surface area (Å²) in [5, 5.41) is 20.0. The molecule has 280 valence electrons. The van der Waals surface area contributed by atoms with Crippen LogP contribution in [0.25, 0.3) is 0 Å². The minimum absolute atomic E-state index is 0. The van der Waals surface area contributed by atoms with Gasteiger partial charge in [-0.3, -0.25) is 9.59 Å². The van der Waals surface area contributed by atoms with Crippen LogP contribution in [0, 0.1) is 22.7 Å². The number of rotatable bonds is 8. The lowest BCUT2D eigenvalue weighted by molar-refractivity contribution is -0.299. The molecule has 0 saturated heterocycles. The van der Waals surface area contributed by atoms with Crippen molar-refractivity contribution >= 4 is 11.9 Å². The van der Waals surface area contributed by atoms with Crippen LogP contribution in [0.5, 0.6) is 0 Å². The fourth-order valence-corrected chi connectivity index (χ4v) is 4.84. The van der Waals surface area contributed by atoms with Crippen molar-refractivity contribution in [2.45, 2.75) is 185 Å². The molecule has 0 amide bonds. The van der Waals surface area contributed by atoms with E-state index >= 15 is 0 Å². The van der Waals surface area contributed by atoms with Gasteiger partial charge in [0, 0.05) is 11.8 Å². The molecule has 12 heteroatoms. The van der Waals surface area contributed by atoms with E-state index in [9.17, 15) is 46.1 Å². The molecule has 2 aliphatic carbocycles. The Balaban J connectivity index is -0.000000419. The third-order valence-corrected chi connectivity index (χ3v) is 9.37. The molecule has 2 aliphatic rings. The van der Waals surface area contributed by atoms with Gasteiger partial charge >= 0.3 is 24.3 Å². The molecule has 2 saturated carbocycles. The monoisotopic (exact) mass is 684 g/mol. The molecule has 4 atom stereocenters. The number of esters is 2. The van der Waals surface area contributed by atoms with E-state index in [2.05, 4.69) is 0 Å². The number of carbonyl (C=O) groups is 2. The highest BCUT2D eigenvalue weighted by molar-refractivity contribution is 5.76. The number of hydrogen-bond acceptors (Lipinski definition) is 6. The van der Waals surface area contributed by atoms with Crippen LogP contribution in [0.2, 0.25) is 0 Å². The van der Waals surface area contributed by atoms with Crippen molar-refractivity contribution in [2.24, 2.45) is 22.7 Å². The zero-order valence-electron chi connectivity index (χ0n) is 26.2. The smallest absolute Gasteiger partial charge is 0.417 e. The fraction of sp³-hybridized carbons (Fsp3) is 0.941. The van der Waals surface area contributed by atoms with Crippen LogP contribution in [-0.2, 0) is 19.1 Å². The molecule has 0 radical (unpaired) electrons. The molecule has 0 aliphatic heterocycles. The summed E-state index contributed by atoms with van der Waals surface area (Å²) in [6, 6.07) is 0. The van der Waals surface area contributed by atoms with E-state index < -0.39 is 72.1 Å². The van der Waals surface area contributed by atoms with Crippen molar-refractivity contribution in [3.05, 3.63) is 0 Å². The Kier molecular flexibility index (Phi) is 21.0. The highest BCUT2D eigenvalue weighted by Gasteiger charge is 2.61. The summed E-state index contributed by atoms with van der Waals surface area (Å²) < 4.78 is 90.3. The first-order valence-corrected chi connectivity index (χ1v) is 14.8. The van der Waals surface area contributed by atoms with Gasteiger partial charge in [-0.25, -0.2) is 0 Å². The van der Waals surface area contributed by atoms with Crippen LogP contribution in [0.4, 0.5) is 26.3 Å². The topological polar surface area (TPSA) is 93.1 Å². The van der Waals surface area contributed by atoms with Gasteiger partial charge in [0.15, 0.2) is 11.2 Å². The quantitative estimate of drug-likeness (QED) is 0.195. The first kappa shape index (κ1) is 51.3. The van der Waals surface area contributed by atoms with Gasteiger partial charge in [-0.2, -0.15) is 26.3 Å². The van der Waals surface area contributed by atoms with Gasteiger partial charge in [0.1, 0.15) is 12.2 Å². The van der Waals surface area contributed by atoms with Gasteiger partial charge in [-0.05, 0) is 99.3 Å². The summed E-state index contributed by atoms with van der Waals surface area (Å²) in [7, 11) is 0. The predicted molar refractivity (Wildman–Crippen MR) is 172 cm³/mol. The minimum atomic E-state index is -5.10. The molecule has 46 heavy (non-hydrogen) atoms. The van der Waals surface area contributed by atoms with Crippen LogP contribution >= 0.6 is 0 Å². The van der Waals surface area contributed by atoms with Gasteiger partial charge in [-0.15, -0.1) is 0 Å². The predicted octanol–water partition coefficient (Wildman–Crippen LogP) is 10.2. The number of aliphatic hydroxyl groups is 2. The van der Waals surface area contributed by atoms with Gasteiger partial charge < -0.3 is 19.7 Å². The van der Waals surface area contributed by atoms with Crippen LogP contribution in [0.15, 0.2) is 0 Å². The zero-order chi connectivity index (χ0) is 32.9. The first-order chi connectivity index (χ1) is 18.8. The maximum Gasteiger partial charge on any atom is 0.417 e. The van der Waals surface area contributed by atoms with E-state index in [1.165, 1.54) is 19.3 Å². The third kappa shape index (κ3) is 13.2. The average Bonchev–Trinajstić information content (AvgIpc) is 2.88. The van der Waals surface area contributed by atoms with Crippen molar-refractivity contribution < 1.29 is 55.6 Å². The second-order valence-electron chi connectivity index (χ2n) is 13.6. The zero-order valence-corrected chi connectivity index (χ0v) is 26.2. The van der Waals surface area contributed by atoms with E-state index in [-0.39, 0.29) is 47.2 Å². The summed E-state index contributed by atoms with van der Waals surface area (Å²) >= 11 is 0. The summed E-state index contributed by atoms with van der Waals surface area (Å²) in [5.41, 5.74) is -7.87. The van der Waals surface area contributed by atoms with Gasteiger partial charge in [0.2, 0.25) is 0 Å². The molecule has 2 N–H and O–H groups in total. The summed E-state index contributed by atoms with van der Waals surface area (Å²) in [4.78, 5) is 24.0. The standard InChI is InChI=1S/C18H28F6O4.C12H22O2.4CH4/c1-6-14(2,3)13(25)28-12-8-10(15(4,26)17(19,20)21)7-11(9-12)16(5,27)18(22,23)24;1-4-12(2,3)11(13)14-10-8-6-5-7-9-10;;;;/h10-12,26-27H,6-9H2,1-5H3;10H,4-9H2,1-3H3;4*1H4. The van der Waals surface area contributed by atoms with Crippen molar-refractivity contribution in [3.8, 4) is 0 Å². The van der Waals surface area contributed by atoms with Crippen molar-refractivity contribution in [1.29, 1.82) is 0 Å². The number of alkyl halides is 6. The largest absolute Gasteiger partial charge is 0.462 e. The molecule has 0 spiro atoms. The molecule has 0 aromatic heterocycles. The number of ether oxygens (including phenoxy) is 2. The summed E-state index contributed by atoms with van der Waals surface area (Å²) in [6.07, 6.45) is -5.87. The van der Waals surface area contributed by atoms with Gasteiger partial charge in [-0.1, -0.05) is 50.0 Å². The van der Waals surface area contributed by atoms with Crippen LogP contribution < -0.4 is 0 Å². The fourth-order valence-electron chi connectivity index (χ4n) is 4.84. The van der Waals surface area contributed by atoms with E-state index in [0.29, 0.717) is 20.3 Å². The number of hydrogen-bond donors (Lipinski definition) is 2. The Morgan fingerprint density at radius 2 is 0.891 bits per heavy atom. The van der Waals surface area contributed by atoms with E-state index in [1.807, 2.05) is 20.8 Å². The van der Waals surface area contributed by atoms with E-state index in [1.54, 1.807) is 20.8 Å². The highest BCUT2D eigenvalue weighted by atomic mass is 19.4. The molecule has 4 unspecified atom stereocenters. The number of halogens is 6. The number of carbonyl (C=O) groups excluding carboxylic acids is 2. The highest BCUT2D eigenvalue weighted by Crippen LogP contribution is 2.50. The molecular weight excluding hydrogens is 618 g/mol. The molecule has 2 fully saturated rings. The van der Waals surface area contributed by atoms with Crippen molar-refractivity contribution in [3.63, 3.8) is 0 Å². The van der Waals surface area contributed by atoms with Crippen molar-refractivity contribution in [2.75, 3.05) is 0 Å². The lowest BCUT2D eigenvalue weighted by atomic mass is 9.67. The Morgan fingerprint density at radius 3 is 1.17 bits per heavy atom. The SMILES string of the molecule is C.C.C.C.CCC(C)(C)C(=O)OC1CC(C(C)(O)C(F)(F)F)CC(C(C)(O)C(F)(F)F)C1.CCC(C)(C)C(=O)OC1CCCCC1. The normalized spacial score (nSPS) is 23.5. The second-order valence-corrected chi connectivity index (χ2v) is 13.6. The van der Waals surface area contributed by atoms with Crippen molar-refractivity contribution in [1.82, 2.24) is 0 Å². The lowest BCUT2D eigenvalue weighted by Crippen LogP contribution is -2.57. The lowest BCUT2D eigenvalue weighted by Gasteiger charge is -2.46. The molecule has 2 rings (SSSR count). The maximum absolute atomic E-state index is 13.3. The van der Waals surface area contributed by atoms with E-state index in [4.69, 9.17) is 9.47 Å². The average molecular weight is 685 g/mol. The summed E-state index contributed by atoms with van der Waals surface area (Å²) in [5.74, 6) is -4.13. The second kappa shape index (κ2) is 18.8. The van der Waals surface area contributed by atoms with Gasteiger partial charge in [0.25, 0.3) is 0 Å². The molecule has 0 bridgehead atoms. The Hall–Kier alpha value is -1.56. The molecule has 6 nitrogen and oxygen atoms in total. The van der Waals surface area contributed by atoms with E-state index in [0.717, 1.165) is 19.3 Å². The Bertz CT molecular complexity index is 856. The first-order valence-electron chi connectivity index (χ1n) is 14.8. The summed E-state index contributed by atoms with van der Waals surface area (Å²) in [6.45, 7) is 11.7.